The minimum atomic E-state index is -0.941. The zero-order valence-electron chi connectivity index (χ0n) is 10.8. The average molecular weight is 297 g/mol. The fourth-order valence-corrected chi connectivity index (χ4v) is 18.1. The molecule has 1 fully saturated rings. The Morgan fingerprint density at radius 1 is 0.733 bits per heavy atom. The molecule has 0 saturated carbocycles. The second kappa shape index (κ2) is 5.42. The van der Waals surface area contributed by atoms with Gasteiger partial charge in [-0.15, -0.1) is 0 Å². The Morgan fingerprint density at radius 2 is 1.07 bits per heavy atom. The molecule has 0 aliphatic carbocycles. The van der Waals surface area contributed by atoms with Gasteiger partial charge in [0.1, 0.15) is 0 Å². The lowest BCUT2D eigenvalue weighted by Crippen LogP contribution is -2.37. The van der Waals surface area contributed by atoms with Crippen molar-refractivity contribution in [1.29, 1.82) is 0 Å². The van der Waals surface area contributed by atoms with Crippen molar-refractivity contribution in [2.24, 2.45) is 0 Å². The first kappa shape index (κ1) is 14.5. The van der Waals surface area contributed by atoms with Crippen LogP contribution in [-0.4, -0.2) is 37.4 Å². The molecule has 15 heavy (non-hydrogen) atoms. The van der Waals surface area contributed by atoms with E-state index in [1.165, 1.54) is 11.5 Å². The molecule has 90 valence electrons. The highest BCUT2D eigenvalue weighted by Gasteiger charge is 2.35. The van der Waals surface area contributed by atoms with Gasteiger partial charge in [0.15, 0.2) is 0 Å². The van der Waals surface area contributed by atoms with Crippen LogP contribution >= 0.6 is 33.3 Å². The summed E-state index contributed by atoms with van der Waals surface area (Å²) in [4.78, 5) is 1.91. The minimum absolute atomic E-state index is 0.941. The van der Waals surface area contributed by atoms with Crippen LogP contribution in [0.1, 0.15) is 0 Å². The summed E-state index contributed by atoms with van der Waals surface area (Å²) in [6.07, 6.45) is 0. The highest BCUT2D eigenvalue weighted by molar-refractivity contribution is 8.78. The molecule has 1 aliphatic heterocycles. The summed E-state index contributed by atoms with van der Waals surface area (Å²) >= 11 is 2.21. The third-order valence-electron chi connectivity index (χ3n) is 2.76. The molecule has 0 N–H and O–H groups in total. The van der Waals surface area contributed by atoms with E-state index in [0.29, 0.717) is 0 Å². The highest BCUT2D eigenvalue weighted by atomic mass is 33.1. The monoisotopic (exact) mass is 296 g/mol. The zero-order valence-corrected chi connectivity index (χ0v) is 15.2. The number of rotatable bonds is 2. The van der Waals surface area contributed by atoms with E-state index in [0.717, 1.165) is 9.75 Å². The molecule has 5 heteroatoms. The first-order chi connectivity index (χ1) is 6.71. The van der Waals surface area contributed by atoms with Crippen LogP contribution in [-0.2, 0) is 0 Å². The Bertz CT molecular complexity index is 186. The van der Waals surface area contributed by atoms with Gasteiger partial charge in [-0.2, -0.15) is 11.8 Å². The summed E-state index contributed by atoms with van der Waals surface area (Å²) in [7, 11) is 2.56. The predicted molar refractivity (Wildman–Crippen MR) is 86.8 cm³/mol. The smallest absolute Gasteiger partial charge is 0.0609 e. The van der Waals surface area contributed by atoms with E-state index in [9.17, 15) is 0 Å². The molecule has 1 rings (SSSR count). The van der Waals surface area contributed by atoms with Crippen LogP contribution in [0.2, 0.25) is 39.3 Å². The molecule has 0 aromatic heterocycles. The standard InChI is InChI=1S/C10H24S3Si2/c1-14(2,3)9-7-11-8-10(13-12-9)15(4,5)6/h9-10H,7-8H2,1-6H3. The number of hydrogen-bond acceptors (Lipinski definition) is 3. The lowest BCUT2D eigenvalue weighted by molar-refractivity contribution is 1.29. The van der Waals surface area contributed by atoms with Crippen LogP contribution in [0.5, 0.6) is 0 Å². The summed E-state index contributed by atoms with van der Waals surface area (Å²) < 4.78 is 0. The number of thioether (sulfide) groups is 1. The molecule has 0 spiro atoms. The second-order valence-corrected chi connectivity index (χ2v) is 21.9. The van der Waals surface area contributed by atoms with Gasteiger partial charge >= 0.3 is 0 Å². The van der Waals surface area contributed by atoms with Crippen LogP contribution in [0.4, 0.5) is 0 Å². The molecule has 0 radical (unpaired) electrons. The maximum absolute atomic E-state index is 2.51. The first-order valence-electron chi connectivity index (χ1n) is 5.61. The molecule has 1 heterocycles. The zero-order chi connectivity index (χ0) is 11.7. The van der Waals surface area contributed by atoms with E-state index < -0.39 is 16.1 Å². The largest absolute Gasteiger partial charge is 0.160 e. The number of hydrogen-bond donors (Lipinski definition) is 0. The van der Waals surface area contributed by atoms with Gasteiger partial charge in [-0.25, -0.2) is 0 Å². The summed E-state index contributed by atoms with van der Waals surface area (Å²) in [5.41, 5.74) is 0. The van der Waals surface area contributed by atoms with Gasteiger partial charge in [0.25, 0.3) is 0 Å². The van der Waals surface area contributed by atoms with Crippen LogP contribution in [0, 0.1) is 0 Å². The van der Waals surface area contributed by atoms with Crippen molar-refractivity contribution < 1.29 is 0 Å². The van der Waals surface area contributed by atoms with Gasteiger partial charge in [-0.3, -0.25) is 0 Å². The lowest BCUT2D eigenvalue weighted by Gasteiger charge is -2.28. The second-order valence-electron chi connectivity index (χ2n) is 6.44. The first-order valence-corrected chi connectivity index (χ1v) is 16.2. The minimum Gasteiger partial charge on any atom is -0.160 e. The molecule has 0 aromatic carbocycles. The summed E-state index contributed by atoms with van der Waals surface area (Å²) in [6.45, 7) is 15.1. The van der Waals surface area contributed by atoms with E-state index in [-0.39, 0.29) is 0 Å². The third-order valence-corrected chi connectivity index (χ3v) is 17.8. The Kier molecular flexibility index (Phi) is 5.25. The molecule has 2 unspecified atom stereocenters. The molecular weight excluding hydrogens is 272 g/mol. The van der Waals surface area contributed by atoms with Gasteiger partial charge < -0.3 is 0 Å². The molecule has 0 bridgehead atoms. The van der Waals surface area contributed by atoms with E-state index in [2.05, 4.69) is 72.6 Å². The summed E-state index contributed by atoms with van der Waals surface area (Å²) in [6, 6.07) is 0. The lowest BCUT2D eigenvalue weighted by atomic mass is 10.9. The molecule has 0 aromatic rings. The molecule has 0 nitrogen and oxygen atoms in total. The Morgan fingerprint density at radius 3 is 1.33 bits per heavy atom. The normalized spacial score (nSPS) is 30.0. The molecule has 0 amide bonds. The fourth-order valence-electron chi connectivity index (χ4n) is 1.26. The van der Waals surface area contributed by atoms with Crippen LogP contribution in [0.15, 0.2) is 0 Å². The van der Waals surface area contributed by atoms with Crippen molar-refractivity contribution in [1.82, 2.24) is 0 Å². The fraction of sp³-hybridized carbons (Fsp3) is 1.00. The molecule has 1 saturated heterocycles. The van der Waals surface area contributed by atoms with Gasteiger partial charge in [0.2, 0.25) is 0 Å². The highest BCUT2D eigenvalue weighted by Crippen LogP contribution is 2.44. The van der Waals surface area contributed by atoms with Crippen LogP contribution in [0.3, 0.4) is 0 Å². The van der Waals surface area contributed by atoms with Crippen molar-refractivity contribution in [2.75, 3.05) is 11.5 Å². The summed E-state index contributed by atoms with van der Waals surface area (Å²) in [5.74, 6) is 2.79. The Hall–Kier alpha value is 1.48. The van der Waals surface area contributed by atoms with Gasteiger partial charge in [-0.1, -0.05) is 60.9 Å². The van der Waals surface area contributed by atoms with E-state index in [4.69, 9.17) is 0 Å². The van der Waals surface area contributed by atoms with E-state index in [1.54, 1.807) is 0 Å². The Balaban J connectivity index is 2.57. The molecule has 1 aliphatic rings. The maximum Gasteiger partial charge on any atom is 0.0609 e. The van der Waals surface area contributed by atoms with Crippen molar-refractivity contribution in [2.45, 2.75) is 49.0 Å². The van der Waals surface area contributed by atoms with Crippen molar-refractivity contribution >= 4 is 49.5 Å². The SMILES string of the molecule is C[Si](C)(C)C1CSCC([Si](C)(C)C)SS1. The van der Waals surface area contributed by atoms with Crippen LogP contribution in [0.25, 0.3) is 0 Å². The van der Waals surface area contributed by atoms with Crippen molar-refractivity contribution in [3.8, 4) is 0 Å². The quantitative estimate of drug-likeness (QED) is 0.539. The van der Waals surface area contributed by atoms with Gasteiger partial charge in [0, 0.05) is 21.3 Å². The van der Waals surface area contributed by atoms with E-state index >= 15 is 0 Å². The molecular formula is C10H24S3Si2. The summed E-state index contributed by atoms with van der Waals surface area (Å²) in [5, 5.41) is 0. The topological polar surface area (TPSA) is 0 Å². The van der Waals surface area contributed by atoms with Crippen molar-refractivity contribution in [3.05, 3.63) is 0 Å². The van der Waals surface area contributed by atoms with Gasteiger partial charge in [0.05, 0.1) is 16.1 Å². The van der Waals surface area contributed by atoms with Gasteiger partial charge in [-0.05, 0) is 0 Å². The van der Waals surface area contributed by atoms with Crippen LogP contribution < -0.4 is 0 Å². The average Bonchev–Trinajstić information content (AvgIpc) is 2.24. The van der Waals surface area contributed by atoms with Crippen molar-refractivity contribution in [3.63, 3.8) is 0 Å². The van der Waals surface area contributed by atoms with E-state index in [1.807, 2.05) is 0 Å². The third kappa shape index (κ3) is 4.70. The maximum atomic E-state index is 2.51. The Labute approximate surface area is 110 Å². The molecule has 2 atom stereocenters. The predicted octanol–water partition coefficient (Wildman–Crippen LogP) is 4.61.